The second-order valence-electron chi connectivity index (χ2n) is 4.76. The van der Waals surface area contributed by atoms with E-state index in [0.717, 1.165) is 22.3 Å². The van der Waals surface area contributed by atoms with Crippen molar-refractivity contribution in [1.82, 2.24) is 20.2 Å². The van der Waals surface area contributed by atoms with Crippen molar-refractivity contribution < 1.29 is 4.74 Å². The molecule has 0 atom stereocenters. The molecule has 3 aromatic rings. The van der Waals surface area contributed by atoms with E-state index in [1.165, 1.54) is 11.1 Å². The first kappa shape index (κ1) is 14.6. The molecule has 0 saturated carbocycles. The van der Waals surface area contributed by atoms with E-state index in [-0.39, 0.29) is 0 Å². The lowest BCUT2D eigenvalue weighted by molar-refractivity contribution is 0.410. The van der Waals surface area contributed by atoms with Crippen molar-refractivity contribution in [2.75, 3.05) is 7.11 Å². The zero-order valence-corrected chi connectivity index (χ0v) is 13.2. The Hall–Kier alpha value is -2.34. The van der Waals surface area contributed by atoms with E-state index in [9.17, 15) is 0 Å². The summed E-state index contributed by atoms with van der Waals surface area (Å²) >= 11 is 1.61. The summed E-state index contributed by atoms with van der Waals surface area (Å²) in [6.07, 6.45) is 0. The molecule has 0 spiro atoms. The molecule has 0 N–H and O–H groups in total. The molecule has 22 heavy (non-hydrogen) atoms. The van der Waals surface area contributed by atoms with Crippen molar-refractivity contribution >= 4 is 11.8 Å². The van der Waals surface area contributed by atoms with Crippen LogP contribution in [0.25, 0.3) is 5.69 Å². The molecule has 0 aliphatic rings. The number of aryl methyl sites for hydroxylation is 1. The van der Waals surface area contributed by atoms with Crippen LogP contribution in [0.2, 0.25) is 0 Å². The first-order chi connectivity index (χ1) is 10.8. The number of rotatable bonds is 5. The lowest BCUT2D eigenvalue weighted by Gasteiger charge is -2.09. The van der Waals surface area contributed by atoms with Crippen LogP contribution in [0.1, 0.15) is 11.1 Å². The summed E-state index contributed by atoms with van der Waals surface area (Å²) in [5.74, 6) is 1.56. The Bertz CT molecular complexity index is 772. The Balaban J connectivity index is 1.85. The van der Waals surface area contributed by atoms with Gasteiger partial charge in [-0.15, -0.1) is 5.10 Å². The SMILES string of the molecule is COc1ccccc1-n1nnnc1SCc1ccccc1C. The van der Waals surface area contributed by atoms with Gasteiger partial charge >= 0.3 is 0 Å². The van der Waals surface area contributed by atoms with Crippen LogP contribution in [0, 0.1) is 6.92 Å². The van der Waals surface area contributed by atoms with Crippen molar-refractivity contribution in [3.63, 3.8) is 0 Å². The maximum absolute atomic E-state index is 5.38. The molecule has 1 aromatic heterocycles. The van der Waals surface area contributed by atoms with Crippen LogP contribution in [0.3, 0.4) is 0 Å². The van der Waals surface area contributed by atoms with Gasteiger partial charge in [0, 0.05) is 5.75 Å². The maximum Gasteiger partial charge on any atom is 0.214 e. The molecule has 0 fully saturated rings. The molecular formula is C16H16N4OS. The zero-order valence-electron chi connectivity index (χ0n) is 12.4. The third-order valence-corrected chi connectivity index (χ3v) is 4.34. The van der Waals surface area contributed by atoms with Crippen LogP contribution >= 0.6 is 11.8 Å². The largest absolute Gasteiger partial charge is 0.494 e. The second kappa shape index (κ2) is 6.62. The summed E-state index contributed by atoms with van der Waals surface area (Å²) in [5, 5.41) is 12.7. The van der Waals surface area contributed by atoms with Gasteiger partial charge in [-0.3, -0.25) is 0 Å². The average Bonchev–Trinajstić information content (AvgIpc) is 3.02. The minimum Gasteiger partial charge on any atom is -0.494 e. The van der Waals surface area contributed by atoms with Crippen LogP contribution in [0.4, 0.5) is 0 Å². The van der Waals surface area contributed by atoms with Gasteiger partial charge in [-0.1, -0.05) is 48.2 Å². The first-order valence-electron chi connectivity index (χ1n) is 6.88. The lowest BCUT2D eigenvalue weighted by atomic mass is 10.1. The van der Waals surface area contributed by atoms with Gasteiger partial charge < -0.3 is 4.74 Å². The Labute approximate surface area is 133 Å². The van der Waals surface area contributed by atoms with Gasteiger partial charge in [0.05, 0.1) is 7.11 Å². The molecule has 0 bridgehead atoms. The molecule has 2 aromatic carbocycles. The molecular weight excluding hydrogens is 296 g/mol. The molecule has 0 saturated heterocycles. The molecule has 6 heteroatoms. The smallest absolute Gasteiger partial charge is 0.214 e. The van der Waals surface area contributed by atoms with Crippen LogP contribution in [-0.2, 0) is 5.75 Å². The van der Waals surface area contributed by atoms with E-state index < -0.39 is 0 Å². The minimum absolute atomic E-state index is 0.743. The zero-order chi connectivity index (χ0) is 15.4. The number of hydrogen-bond donors (Lipinski definition) is 0. The molecule has 0 aliphatic carbocycles. The number of benzene rings is 2. The third kappa shape index (κ3) is 2.96. The van der Waals surface area contributed by atoms with Gasteiger partial charge in [-0.05, 0) is 40.6 Å². The Morgan fingerprint density at radius 3 is 2.68 bits per heavy atom. The van der Waals surface area contributed by atoms with E-state index in [1.54, 1.807) is 23.6 Å². The number of aromatic nitrogens is 4. The van der Waals surface area contributed by atoms with Gasteiger partial charge in [0.15, 0.2) is 0 Å². The first-order valence-corrected chi connectivity index (χ1v) is 7.87. The number of ether oxygens (including phenoxy) is 1. The third-order valence-electron chi connectivity index (χ3n) is 3.37. The molecule has 0 aliphatic heterocycles. The topological polar surface area (TPSA) is 52.8 Å². The fraction of sp³-hybridized carbons (Fsp3) is 0.188. The Kier molecular flexibility index (Phi) is 4.39. The van der Waals surface area contributed by atoms with Crippen molar-refractivity contribution in [3.05, 3.63) is 59.7 Å². The number of tetrazole rings is 1. The fourth-order valence-electron chi connectivity index (χ4n) is 2.14. The summed E-state index contributed by atoms with van der Waals surface area (Å²) in [7, 11) is 1.64. The quantitative estimate of drug-likeness (QED) is 0.677. The van der Waals surface area contributed by atoms with Crippen molar-refractivity contribution in [2.24, 2.45) is 0 Å². The predicted molar refractivity (Wildman–Crippen MR) is 86.4 cm³/mol. The van der Waals surface area contributed by atoms with Crippen LogP contribution in [-0.4, -0.2) is 27.3 Å². The van der Waals surface area contributed by atoms with E-state index in [2.05, 4.69) is 34.6 Å². The van der Waals surface area contributed by atoms with Crippen molar-refractivity contribution in [1.29, 1.82) is 0 Å². The van der Waals surface area contributed by atoms with E-state index in [1.807, 2.05) is 36.4 Å². The van der Waals surface area contributed by atoms with E-state index in [4.69, 9.17) is 4.74 Å². The summed E-state index contributed by atoms with van der Waals surface area (Å²) in [6, 6.07) is 16.0. The highest BCUT2D eigenvalue weighted by Gasteiger charge is 2.13. The summed E-state index contributed by atoms with van der Waals surface area (Å²) in [5.41, 5.74) is 3.38. The van der Waals surface area contributed by atoms with Gasteiger partial charge in [0.2, 0.25) is 5.16 Å². The number of para-hydroxylation sites is 2. The normalized spacial score (nSPS) is 10.6. The number of methoxy groups -OCH3 is 1. The van der Waals surface area contributed by atoms with Gasteiger partial charge in [0.25, 0.3) is 0 Å². The molecule has 112 valence electrons. The highest BCUT2D eigenvalue weighted by atomic mass is 32.2. The molecule has 0 unspecified atom stereocenters. The van der Waals surface area contributed by atoms with Crippen LogP contribution in [0.5, 0.6) is 5.75 Å². The molecule has 0 amide bonds. The monoisotopic (exact) mass is 312 g/mol. The number of thioether (sulfide) groups is 1. The summed E-state index contributed by atoms with van der Waals surface area (Å²) in [6.45, 7) is 2.11. The van der Waals surface area contributed by atoms with Gasteiger partial charge in [0.1, 0.15) is 11.4 Å². The molecule has 1 heterocycles. The van der Waals surface area contributed by atoms with Crippen LogP contribution in [0.15, 0.2) is 53.7 Å². The number of nitrogens with zero attached hydrogens (tertiary/aromatic N) is 4. The minimum atomic E-state index is 0.743. The Morgan fingerprint density at radius 1 is 1.09 bits per heavy atom. The maximum atomic E-state index is 5.38. The lowest BCUT2D eigenvalue weighted by Crippen LogP contribution is -2.02. The van der Waals surface area contributed by atoms with E-state index in [0.29, 0.717) is 0 Å². The number of hydrogen-bond acceptors (Lipinski definition) is 5. The standard InChI is InChI=1S/C16H16N4OS/c1-12-7-3-4-8-13(12)11-22-16-17-18-19-20(16)14-9-5-6-10-15(14)21-2/h3-10H,11H2,1-2H3. The predicted octanol–water partition coefficient (Wildman–Crippen LogP) is 3.27. The van der Waals surface area contributed by atoms with E-state index >= 15 is 0 Å². The van der Waals surface area contributed by atoms with Gasteiger partial charge in [-0.25, -0.2) is 0 Å². The Morgan fingerprint density at radius 2 is 1.86 bits per heavy atom. The molecule has 3 rings (SSSR count). The summed E-state index contributed by atoms with van der Waals surface area (Å²) < 4.78 is 7.09. The molecule has 5 nitrogen and oxygen atoms in total. The van der Waals surface area contributed by atoms with Crippen molar-refractivity contribution in [3.8, 4) is 11.4 Å². The summed E-state index contributed by atoms with van der Waals surface area (Å²) in [4.78, 5) is 0. The second-order valence-corrected chi connectivity index (χ2v) is 5.70. The average molecular weight is 312 g/mol. The highest BCUT2D eigenvalue weighted by molar-refractivity contribution is 7.98. The highest BCUT2D eigenvalue weighted by Crippen LogP contribution is 2.27. The molecule has 0 radical (unpaired) electrons. The fourth-order valence-corrected chi connectivity index (χ4v) is 3.10. The van der Waals surface area contributed by atoms with Crippen LogP contribution < -0.4 is 4.74 Å². The van der Waals surface area contributed by atoms with Crippen molar-refractivity contribution in [2.45, 2.75) is 17.8 Å². The van der Waals surface area contributed by atoms with Gasteiger partial charge in [-0.2, -0.15) is 4.68 Å².